The summed E-state index contributed by atoms with van der Waals surface area (Å²) in [6, 6.07) is 8.84. The second-order valence-electron chi connectivity index (χ2n) is 12.9. The van der Waals surface area contributed by atoms with E-state index in [2.05, 4.69) is 67.8 Å². The third-order valence-electron chi connectivity index (χ3n) is 10.2. The van der Waals surface area contributed by atoms with Crippen LogP contribution in [0.2, 0.25) is 0 Å². The zero-order valence-corrected chi connectivity index (χ0v) is 25.5. The van der Waals surface area contributed by atoms with E-state index in [9.17, 15) is 14.5 Å². The number of benzene rings is 1. The molecule has 1 N–H and O–H groups in total. The molecule has 5 rings (SSSR count). The van der Waals surface area contributed by atoms with Crippen LogP contribution in [0.4, 0.5) is 5.69 Å². The zero-order chi connectivity index (χ0) is 28.3. The highest BCUT2D eigenvalue weighted by atomic mass is 31.2. The van der Waals surface area contributed by atoms with Gasteiger partial charge in [0.15, 0.2) is 0 Å². The van der Waals surface area contributed by atoms with Crippen molar-refractivity contribution >= 4 is 18.9 Å². The molecule has 0 radical (unpaired) electrons. The number of hydrogen-bond acceptors (Lipinski definition) is 4. The van der Waals surface area contributed by atoms with Crippen molar-refractivity contribution in [2.45, 2.75) is 63.4 Å². The van der Waals surface area contributed by atoms with Gasteiger partial charge in [-0.2, -0.15) is 0 Å². The lowest BCUT2D eigenvalue weighted by atomic mass is 9.51. The molecule has 3 fully saturated rings. The number of Topliss-reactive ketones (excluding diaryl/α,β-unsaturated/α-hetero) is 1. The molecule has 0 unspecified atom stereocenters. The Labute approximate surface area is 234 Å². The SMILES string of the molecule is CN(C)c1ccc([C@H]2C[C@@]3(C)[C@@H](CC[C@@]3(O)C#CP(=O)(N(C)C)N(C)C)[C@@H]3CC=C4CC(=O)CCC4=C32)cc1. The number of anilines is 1. The number of carbonyl (C=O) groups is 1. The molecule has 0 heterocycles. The van der Waals surface area contributed by atoms with Crippen molar-refractivity contribution in [3.8, 4) is 11.6 Å². The molecule has 0 aromatic heterocycles. The minimum absolute atomic E-state index is 0.153. The molecular weight excluding hydrogens is 505 g/mol. The zero-order valence-electron chi connectivity index (χ0n) is 24.6. The van der Waals surface area contributed by atoms with Crippen molar-refractivity contribution < 1.29 is 14.5 Å². The van der Waals surface area contributed by atoms with Crippen LogP contribution in [-0.4, -0.2) is 68.1 Å². The summed E-state index contributed by atoms with van der Waals surface area (Å²) in [5, 5.41) is 12.3. The summed E-state index contributed by atoms with van der Waals surface area (Å²) in [7, 11) is 8.15. The maximum Gasteiger partial charge on any atom is 0.286 e. The fourth-order valence-corrected chi connectivity index (χ4v) is 9.28. The molecule has 1 aromatic carbocycles. The van der Waals surface area contributed by atoms with E-state index in [4.69, 9.17) is 0 Å². The van der Waals surface area contributed by atoms with Crippen molar-refractivity contribution in [1.29, 1.82) is 0 Å². The van der Waals surface area contributed by atoms with Crippen molar-refractivity contribution in [1.82, 2.24) is 9.34 Å². The second kappa shape index (κ2) is 10.0. The lowest BCUT2D eigenvalue weighted by Gasteiger charge is -2.53. The van der Waals surface area contributed by atoms with Crippen molar-refractivity contribution in [2.24, 2.45) is 17.3 Å². The van der Waals surface area contributed by atoms with E-state index in [-0.39, 0.29) is 11.8 Å². The van der Waals surface area contributed by atoms with Crippen LogP contribution in [-0.2, 0) is 9.36 Å². The van der Waals surface area contributed by atoms with E-state index >= 15 is 0 Å². The number of allylic oxidation sites excluding steroid dienone is 4. The maximum absolute atomic E-state index is 13.7. The van der Waals surface area contributed by atoms with Gasteiger partial charge in [0.2, 0.25) is 0 Å². The minimum Gasteiger partial charge on any atom is -0.378 e. The van der Waals surface area contributed by atoms with Gasteiger partial charge in [-0.1, -0.05) is 36.6 Å². The first kappa shape index (κ1) is 28.4. The average molecular weight is 550 g/mol. The Morgan fingerprint density at radius 2 is 1.69 bits per heavy atom. The number of rotatable bonds is 4. The first-order chi connectivity index (χ1) is 18.3. The third-order valence-corrected chi connectivity index (χ3v) is 12.7. The molecular formula is C32H44N3O3P. The van der Waals surface area contributed by atoms with Gasteiger partial charge >= 0.3 is 0 Å². The normalized spacial score (nSPS) is 32.3. The molecule has 0 bridgehead atoms. The highest BCUT2D eigenvalue weighted by Crippen LogP contribution is 2.66. The van der Waals surface area contributed by atoms with Crippen LogP contribution < -0.4 is 4.90 Å². The Balaban J connectivity index is 1.62. The number of hydrogen-bond donors (Lipinski definition) is 1. The van der Waals surface area contributed by atoms with Crippen LogP contribution in [0.15, 0.2) is 47.1 Å². The molecule has 6 nitrogen and oxygen atoms in total. The van der Waals surface area contributed by atoms with Gasteiger partial charge in [-0.3, -0.25) is 9.36 Å². The molecule has 0 saturated heterocycles. The van der Waals surface area contributed by atoms with Crippen LogP contribution in [0.1, 0.15) is 63.4 Å². The summed E-state index contributed by atoms with van der Waals surface area (Å²) in [6.45, 7) is 2.22. The van der Waals surface area contributed by atoms with Crippen LogP contribution in [0.25, 0.3) is 0 Å². The Morgan fingerprint density at radius 1 is 1.03 bits per heavy atom. The summed E-state index contributed by atoms with van der Waals surface area (Å²) in [5.74, 6) is 4.33. The Hall–Kier alpha value is -2.16. The van der Waals surface area contributed by atoms with Gasteiger partial charge in [-0.15, -0.1) is 0 Å². The van der Waals surface area contributed by atoms with Gasteiger partial charge in [0.05, 0.1) is 0 Å². The summed E-state index contributed by atoms with van der Waals surface area (Å²) >= 11 is 0. The summed E-state index contributed by atoms with van der Waals surface area (Å²) in [5.41, 5.74) is 7.98. The van der Waals surface area contributed by atoms with Crippen LogP contribution in [0.5, 0.6) is 0 Å². The van der Waals surface area contributed by atoms with E-state index in [0.717, 1.165) is 31.4 Å². The number of fused-ring (bicyclic) bond motifs is 4. The van der Waals surface area contributed by atoms with Crippen molar-refractivity contribution in [3.63, 3.8) is 0 Å². The van der Waals surface area contributed by atoms with Gasteiger partial charge in [0.25, 0.3) is 7.44 Å². The minimum atomic E-state index is -3.09. The fraction of sp³-hybridized carbons (Fsp3) is 0.594. The largest absolute Gasteiger partial charge is 0.378 e. The number of aliphatic hydroxyl groups is 1. The number of ketones is 1. The van der Waals surface area contributed by atoms with Crippen LogP contribution >= 0.6 is 7.44 Å². The van der Waals surface area contributed by atoms with Crippen molar-refractivity contribution in [3.05, 3.63) is 52.6 Å². The molecule has 4 aliphatic carbocycles. The lowest BCUT2D eigenvalue weighted by Crippen LogP contribution is -2.50. The first-order valence-electron chi connectivity index (χ1n) is 14.2. The van der Waals surface area contributed by atoms with Gasteiger partial charge in [0.1, 0.15) is 11.4 Å². The predicted molar refractivity (Wildman–Crippen MR) is 159 cm³/mol. The van der Waals surface area contributed by atoms with Gasteiger partial charge in [0, 0.05) is 44.0 Å². The molecule has 0 spiro atoms. The van der Waals surface area contributed by atoms with E-state index in [0.29, 0.717) is 31.0 Å². The highest BCUT2D eigenvalue weighted by molar-refractivity contribution is 7.64. The number of carbonyl (C=O) groups excluding carboxylic acids is 1. The summed E-state index contributed by atoms with van der Waals surface area (Å²) in [6.07, 6.45) is 7.49. The molecule has 39 heavy (non-hydrogen) atoms. The molecule has 1 aromatic rings. The lowest BCUT2D eigenvalue weighted by molar-refractivity contribution is -0.118. The van der Waals surface area contributed by atoms with Crippen molar-refractivity contribution in [2.75, 3.05) is 47.2 Å². The monoisotopic (exact) mass is 549 g/mol. The fourth-order valence-electron chi connectivity index (χ4n) is 7.83. The highest BCUT2D eigenvalue weighted by Gasteiger charge is 2.62. The van der Waals surface area contributed by atoms with Crippen LogP contribution in [0.3, 0.4) is 0 Å². The van der Waals surface area contributed by atoms with Gasteiger partial charge in [-0.05, 0) is 107 Å². The first-order valence-corrected chi connectivity index (χ1v) is 15.9. The number of nitrogens with zero attached hydrogens (tertiary/aromatic N) is 3. The Morgan fingerprint density at radius 3 is 2.31 bits per heavy atom. The summed E-state index contributed by atoms with van der Waals surface area (Å²) in [4.78, 5) is 14.5. The Kier molecular flexibility index (Phi) is 7.30. The topological polar surface area (TPSA) is 64.1 Å². The van der Waals surface area contributed by atoms with E-state index in [1.807, 2.05) is 0 Å². The van der Waals surface area contributed by atoms with Gasteiger partial charge < -0.3 is 10.0 Å². The maximum atomic E-state index is 13.7. The summed E-state index contributed by atoms with van der Waals surface area (Å²) < 4.78 is 17.0. The molecule has 7 heteroatoms. The quantitative estimate of drug-likeness (QED) is 0.386. The Bertz CT molecular complexity index is 1320. The molecule has 0 aliphatic heterocycles. The third kappa shape index (κ3) is 4.56. The average Bonchev–Trinajstić information content (AvgIpc) is 3.16. The standard InChI is InChI=1S/C32H44N3O3P/c1-31-21-28(22-8-11-24(12-9-22)33(2)3)30-26-15-13-25(36)20-23(26)10-14-27(30)29(31)16-17-32(31,37)18-19-39(38,34(4)5)35(6)7/h8-12,27-29,37H,13-17,20-21H2,1-7H3/t27-,28+,29-,31-,32+/m0/s1. The smallest absolute Gasteiger partial charge is 0.286 e. The molecule has 0 amide bonds. The predicted octanol–water partition coefficient (Wildman–Crippen LogP) is 5.66. The van der Waals surface area contributed by atoms with E-state index < -0.39 is 18.5 Å². The van der Waals surface area contributed by atoms with E-state index in [1.165, 1.54) is 22.3 Å². The van der Waals surface area contributed by atoms with Gasteiger partial charge in [-0.25, -0.2) is 9.34 Å². The molecule has 5 atom stereocenters. The van der Waals surface area contributed by atoms with Crippen LogP contribution in [0, 0.1) is 28.8 Å². The molecule has 4 aliphatic rings. The van der Waals surface area contributed by atoms with E-state index in [1.54, 1.807) is 37.5 Å². The molecule has 210 valence electrons. The molecule has 3 saturated carbocycles. The second-order valence-corrected chi connectivity index (χ2v) is 15.8.